The van der Waals surface area contributed by atoms with Crippen molar-refractivity contribution in [3.63, 3.8) is 0 Å². The fourth-order valence-electron chi connectivity index (χ4n) is 1.78. The number of nitrogen functional groups attached to an aromatic ring is 1. The Morgan fingerprint density at radius 3 is 3.00 bits per heavy atom. The van der Waals surface area contributed by atoms with Crippen molar-refractivity contribution >= 4 is 33.5 Å². The Labute approximate surface area is 101 Å². The van der Waals surface area contributed by atoms with E-state index in [1.807, 2.05) is 11.4 Å². The summed E-state index contributed by atoms with van der Waals surface area (Å²) in [6.07, 6.45) is 0.977. The van der Waals surface area contributed by atoms with Crippen LogP contribution in [-0.2, 0) is 6.42 Å². The average molecular weight is 249 g/mol. The van der Waals surface area contributed by atoms with E-state index in [1.54, 1.807) is 22.7 Å². The zero-order valence-electron chi connectivity index (χ0n) is 8.80. The molecule has 82 valence electrons. The number of imidazole rings is 1. The first-order chi connectivity index (χ1) is 7.81. The minimum atomic E-state index is 0.760. The lowest BCUT2D eigenvalue weighted by Crippen LogP contribution is -1.96. The monoisotopic (exact) mass is 249 g/mol. The number of thiophene rings is 1. The predicted octanol–water partition coefficient (Wildman–Crippen LogP) is 3.27. The van der Waals surface area contributed by atoms with E-state index >= 15 is 0 Å². The molecule has 0 atom stereocenters. The van der Waals surface area contributed by atoms with Gasteiger partial charge in [-0.2, -0.15) is 0 Å². The van der Waals surface area contributed by atoms with E-state index in [0.717, 1.165) is 27.8 Å². The number of nitrogens with zero attached hydrogens (tertiary/aromatic N) is 2. The number of aromatic nitrogens is 2. The van der Waals surface area contributed by atoms with Crippen LogP contribution in [0.3, 0.4) is 0 Å². The third kappa shape index (κ3) is 1.28. The third-order valence-corrected chi connectivity index (χ3v) is 4.34. The molecule has 0 unspecified atom stereocenters. The smallest absolute Gasteiger partial charge is 0.196 e. The summed E-state index contributed by atoms with van der Waals surface area (Å²) in [7, 11) is 0. The Kier molecular flexibility index (Phi) is 2.22. The summed E-state index contributed by atoms with van der Waals surface area (Å²) in [6, 6.07) is 4.08. The first-order valence-electron chi connectivity index (χ1n) is 5.09. The second-order valence-electron chi connectivity index (χ2n) is 3.52. The van der Waals surface area contributed by atoms with Crippen LogP contribution >= 0.6 is 22.7 Å². The second kappa shape index (κ2) is 3.61. The maximum absolute atomic E-state index is 6.16. The van der Waals surface area contributed by atoms with Crippen LogP contribution in [0.4, 0.5) is 5.82 Å². The average Bonchev–Trinajstić information content (AvgIpc) is 2.96. The molecule has 3 rings (SSSR count). The largest absolute Gasteiger partial charge is 0.383 e. The molecule has 0 radical (unpaired) electrons. The van der Waals surface area contributed by atoms with E-state index in [1.165, 1.54) is 5.69 Å². The molecule has 3 aromatic heterocycles. The Hall–Kier alpha value is -1.33. The van der Waals surface area contributed by atoms with Crippen LogP contribution in [0.1, 0.15) is 12.6 Å². The molecule has 0 aliphatic carbocycles. The molecule has 0 aliphatic heterocycles. The summed E-state index contributed by atoms with van der Waals surface area (Å²) in [5.74, 6) is 0.760. The van der Waals surface area contributed by atoms with E-state index < -0.39 is 0 Å². The van der Waals surface area contributed by atoms with Gasteiger partial charge in [0, 0.05) is 11.1 Å². The van der Waals surface area contributed by atoms with Gasteiger partial charge in [-0.3, -0.25) is 4.40 Å². The first kappa shape index (κ1) is 9.86. The van der Waals surface area contributed by atoms with Gasteiger partial charge in [0.1, 0.15) is 11.5 Å². The molecule has 0 fully saturated rings. The van der Waals surface area contributed by atoms with E-state index in [4.69, 9.17) is 5.73 Å². The SMILES string of the molecule is CCc1csc2nc(-c3cccs3)c(N)n12. The number of rotatable bonds is 2. The molecule has 0 spiro atoms. The summed E-state index contributed by atoms with van der Waals surface area (Å²) < 4.78 is 2.06. The number of hydrogen-bond acceptors (Lipinski definition) is 4. The number of fused-ring (bicyclic) bond motifs is 1. The molecule has 0 saturated heterocycles. The highest BCUT2D eigenvalue weighted by molar-refractivity contribution is 7.15. The standard InChI is InChI=1S/C11H11N3S2/c1-2-7-6-16-11-13-9(10(12)14(7)11)8-4-3-5-15-8/h3-6H,2,12H2,1H3. The molecule has 2 N–H and O–H groups in total. The van der Waals surface area contributed by atoms with Gasteiger partial charge in [-0.1, -0.05) is 13.0 Å². The lowest BCUT2D eigenvalue weighted by molar-refractivity contribution is 1.01. The quantitative estimate of drug-likeness (QED) is 0.757. The van der Waals surface area contributed by atoms with Crippen molar-refractivity contribution in [3.8, 4) is 10.6 Å². The lowest BCUT2D eigenvalue weighted by Gasteiger charge is -1.98. The maximum atomic E-state index is 6.16. The molecular weight excluding hydrogens is 238 g/mol. The highest BCUT2D eigenvalue weighted by atomic mass is 32.1. The van der Waals surface area contributed by atoms with Gasteiger partial charge in [0.25, 0.3) is 0 Å². The molecule has 0 bridgehead atoms. The number of anilines is 1. The summed E-state index contributed by atoms with van der Waals surface area (Å²) in [5.41, 5.74) is 8.31. The van der Waals surface area contributed by atoms with Gasteiger partial charge >= 0.3 is 0 Å². The number of aryl methyl sites for hydroxylation is 1. The second-order valence-corrected chi connectivity index (χ2v) is 5.31. The lowest BCUT2D eigenvalue weighted by atomic mass is 10.3. The molecule has 3 nitrogen and oxygen atoms in total. The molecule has 16 heavy (non-hydrogen) atoms. The highest BCUT2D eigenvalue weighted by Crippen LogP contribution is 2.32. The normalized spacial score (nSPS) is 11.3. The minimum absolute atomic E-state index is 0.760. The summed E-state index contributed by atoms with van der Waals surface area (Å²) in [5, 5.41) is 4.17. The first-order valence-corrected chi connectivity index (χ1v) is 6.85. The Bertz CT molecular complexity index is 619. The van der Waals surface area contributed by atoms with Gasteiger partial charge in [-0.25, -0.2) is 4.98 Å². The van der Waals surface area contributed by atoms with E-state index in [2.05, 4.69) is 27.8 Å². The van der Waals surface area contributed by atoms with Crippen molar-refractivity contribution in [1.82, 2.24) is 9.38 Å². The van der Waals surface area contributed by atoms with Gasteiger partial charge in [-0.15, -0.1) is 22.7 Å². The van der Waals surface area contributed by atoms with Gasteiger partial charge in [-0.05, 0) is 17.9 Å². The van der Waals surface area contributed by atoms with Crippen LogP contribution in [-0.4, -0.2) is 9.38 Å². The van der Waals surface area contributed by atoms with Crippen molar-refractivity contribution in [2.45, 2.75) is 13.3 Å². The van der Waals surface area contributed by atoms with Crippen LogP contribution in [0.25, 0.3) is 15.5 Å². The van der Waals surface area contributed by atoms with Crippen LogP contribution in [0, 0.1) is 0 Å². The van der Waals surface area contributed by atoms with Gasteiger partial charge in [0.2, 0.25) is 0 Å². The molecule has 5 heteroatoms. The number of hydrogen-bond donors (Lipinski definition) is 1. The topological polar surface area (TPSA) is 43.3 Å². The zero-order valence-corrected chi connectivity index (χ0v) is 10.4. The van der Waals surface area contributed by atoms with Crippen molar-refractivity contribution in [3.05, 3.63) is 28.6 Å². The van der Waals surface area contributed by atoms with Crippen LogP contribution in [0.5, 0.6) is 0 Å². The number of nitrogens with two attached hydrogens (primary N) is 1. The maximum Gasteiger partial charge on any atom is 0.196 e. The zero-order chi connectivity index (χ0) is 11.1. The van der Waals surface area contributed by atoms with Crippen LogP contribution in [0.15, 0.2) is 22.9 Å². The van der Waals surface area contributed by atoms with Gasteiger partial charge < -0.3 is 5.73 Å². The third-order valence-electron chi connectivity index (χ3n) is 2.59. The Balaban J connectivity index is 2.28. The molecule has 0 amide bonds. The summed E-state index contributed by atoms with van der Waals surface area (Å²) >= 11 is 3.32. The highest BCUT2D eigenvalue weighted by Gasteiger charge is 2.15. The van der Waals surface area contributed by atoms with Crippen molar-refractivity contribution in [2.75, 3.05) is 5.73 Å². The molecule has 0 aliphatic rings. The van der Waals surface area contributed by atoms with E-state index in [-0.39, 0.29) is 0 Å². The molecule has 0 aromatic carbocycles. The Morgan fingerprint density at radius 2 is 2.31 bits per heavy atom. The van der Waals surface area contributed by atoms with Gasteiger partial charge in [0.05, 0.1) is 4.88 Å². The Morgan fingerprint density at radius 1 is 1.44 bits per heavy atom. The summed E-state index contributed by atoms with van der Waals surface area (Å²) in [4.78, 5) is 6.71. The van der Waals surface area contributed by atoms with Crippen LogP contribution in [0.2, 0.25) is 0 Å². The number of thiazole rings is 1. The molecular formula is C11H11N3S2. The van der Waals surface area contributed by atoms with E-state index in [0.29, 0.717) is 0 Å². The van der Waals surface area contributed by atoms with E-state index in [9.17, 15) is 0 Å². The molecule has 3 aromatic rings. The molecule has 3 heterocycles. The fourth-order valence-corrected chi connectivity index (χ4v) is 3.48. The van der Waals surface area contributed by atoms with Crippen molar-refractivity contribution in [1.29, 1.82) is 0 Å². The molecule has 0 saturated carbocycles. The van der Waals surface area contributed by atoms with Crippen LogP contribution < -0.4 is 5.73 Å². The fraction of sp³-hybridized carbons (Fsp3) is 0.182. The summed E-state index contributed by atoms with van der Waals surface area (Å²) in [6.45, 7) is 2.13. The predicted molar refractivity (Wildman–Crippen MR) is 70.2 cm³/mol. The van der Waals surface area contributed by atoms with Crippen molar-refractivity contribution in [2.24, 2.45) is 0 Å². The minimum Gasteiger partial charge on any atom is -0.383 e. The van der Waals surface area contributed by atoms with Gasteiger partial charge in [0.15, 0.2) is 4.96 Å². The van der Waals surface area contributed by atoms with Crippen molar-refractivity contribution < 1.29 is 0 Å².